The van der Waals surface area contributed by atoms with E-state index < -0.39 is 0 Å². The summed E-state index contributed by atoms with van der Waals surface area (Å²) in [4.78, 5) is 0. The minimum absolute atomic E-state index is 1.56. The first kappa shape index (κ1) is 5.28. The SMILES string of the molecule is C=C/C=C\OC. The van der Waals surface area contributed by atoms with Crippen LogP contribution < -0.4 is 0 Å². The maximum atomic E-state index is 4.53. The number of methoxy groups -OCH3 is 1. The van der Waals surface area contributed by atoms with Gasteiger partial charge in [0.15, 0.2) is 0 Å². The topological polar surface area (TPSA) is 9.23 Å². The van der Waals surface area contributed by atoms with Crippen LogP contribution >= 0.6 is 0 Å². The molecule has 0 aliphatic carbocycles. The Balaban J connectivity index is 2.94. The second-order valence-corrected chi connectivity index (χ2v) is 0.800. The quantitative estimate of drug-likeness (QED) is 0.362. The van der Waals surface area contributed by atoms with Gasteiger partial charge in [-0.15, -0.1) is 0 Å². The molecule has 0 amide bonds. The molecule has 0 bridgehead atoms. The minimum atomic E-state index is 1.56. The summed E-state index contributed by atoms with van der Waals surface area (Å²) >= 11 is 0. The third kappa shape index (κ3) is 3.28. The van der Waals surface area contributed by atoms with Crippen LogP contribution in [-0.2, 0) is 4.74 Å². The normalized spacial score (nSPS) is 8.83. The molecule has 0 unspecified atom stereocenters. The van der Waals surface area contributed by atoms with Gasteiger partial charge in [0.05, 0.1) is 13.4 Å². The third-order valence-electron chi connectivity index (χ3n) is 0.351. The van der Waals surface area contributed by atoms with Crippen molar-refractivity contribution >= 4 is 0 Å². The summed E-state index contributed by atoms with van der Waals surface area (Å²) in [5, 5.41) is 0. The van der Waals surface area contributed by atoms with Crippen molar-refractivity contribution in [1.29, 1.82) is 0 Å². The molecule has 0 saturated heterocycles. The predicted molar refractivity (Wildman–Crippen MR) is 26.3 cm³/mol. The van der Waals surface area contributed by atoms with E-state index in [1.807, 2.05) is 0 Å². The molecule has 0 N–H and O–H groups in total. The standard InChI is InChI=1S/C5H8O/c1-3-4-5-6-2/h3-5H,1H2,2H3/b5-4-. The van der Waals surface area contributed by atoms with Crippen LogP contribution in [0.5, 0.6) is 0 Å². The first-order valence-electron chi connectivity index (χ1n) is 1.72. The average Bonchev–Trinajstić information content (AvgIpc) is 1.61. The van der Waals surface area contributed by atoms with Gasteiger partial charge in [0.25, 0.3) is 0 Å². The van der Waals surface area contributed by atoms with Crippen molar-refractivity contribution in [2.45, 2.75) is 0 Å². The molecule has 0 rings (SSSR count). The Kier molecular flexibility index (Phi) is 3.77. The molecule has 0 aromatic rings. The number of hydrogen-bond donors (Lipinski definition) is 0. The average molecular weight is 84.1 g/mol. The maximum absolute atomic E-state index is 4.53. The largest absolute Gasteiger partial charge is 0.504 e. The van der Waals surface area contributed by atoms with Gasteiger partial charge in [-0.1, -0.05) is 12.7 Å². The molecular weight excluding hydrogens is 76.1 g/mol. The second-order valence-electron chi connectivity index (χ2n) is 0.800. The monoisotopic (exact) mass is 84.1 g/mol. The van der Waals surface area contributed by atoms with Gasteiger partial charge < -0.3 is 4.74 Å². The Morgan fingerprint density at radius 2 is 2.33 bits per heavy atom. The molecule has 0 atom stereocenters. The van der Waals surface area contributed by atoms with Crippen LogP contribution in [-0.4, -0.2) is 7.11 Å². The Morgan fingerprint density at radius 1 is 1.67 bits per heavy atom. The number of ether oxygens (including phenoxy) is 1. The molecule has 0 saturated carbocycles. The van der Waals surface area contributed by atoms with E-state index >= 15 is 0 Å². The molecule has 0 aromatic heterocycles. The summed E-state index contributed by atoms with van der Waals surface area (Å²) in [5.41, 5.74) is 0. The first-order valence-corrected chi connectivity index (χ1v) is 1.72. The van der Waals surface area contributed by atoms with Crippen LogP contribution in [0.4, 0.5) is 0 Å². The summed E-state index contributed by atoms with van der Waals surface area (Å²) in [6.45, 7) is 3.43. The highest BCUT2D eigenvalue weighted by Crippen LogP contribution is 1.69. The molecule has 6 heavy (non-hydrogen) atoms. The molecule has 0 radical (unpaired) electrons. The Morgan fingerprint density at radius 3 is 2.50 bits per heavy atom. The van der Waals surface area contributed by atoms with Crippen LogP contribution in [0.25, 0.3) is 0 Å². The number of allylic oxidation sites excluding steroid dienone is 2. The smallest absolute Gasteiger partial charge is 0.0824 e. The van der Waals surface area contributed by atoms with Crippen LogP contribution in [0, 0.1) is 0 Å². The highest BCUT2D eigenvalue weighted by Gasteiger charge is 1.51. The van der Waals surface area contributed by atoms with E-state index in [0.29, 0.717) is 0 Å². The Bertz CT molecular complexity index is 55.0. The fourth-order valence-electron chi connectivity index (χ4n) is 0.134. The van der Waals surface area contributed by atoms with Crippen LogP contribution in [0.1, 0.15) is 0 Å². The van der Waals surface area contributed by atoms with Crippen molar-refractivity contribution in [3.05, 3.63) is 25.0 Å². The van der Waals surface area contributed by atoms with Crippen molar-refractivity contribution < 1.29 is 4.74 Å². The molecule has 0 aliphatic heterocycles. The van der Waals surface area contributed by atoms with E-state index in [4.69, 9.17) is 0 Å². The van der Waals surface area contributed by atoms with Gasteiger partial charge >= 0.3 is 0 Å². The maximum Gasteiger partial charge on any atom is 0.0824 e. The zero-order valence-corrected chi connectivity index (χ0v) is 3.85. The molecule has 34 valence electrons. The lowest BCUT2D eigenvalue weighted by Crippen LogP contribution is -1.58. The van der Waals surface area contributed by atoms with Gasteiger partial charge in [0, 0.05) is 0 Å². The zero-order valence-electron chi connectivity index (χ0n) is 3.85. The second kappa shape index (κ2) is 4.28. The molecule has 1 heteroatoms. The lowest BCUT2D eigenvalue weighted by Gasteiger charge is -1.77. The third-order valence-corrected chi connectivity index (χ3v) is 0.351. The van der Waals surface area contributed by atoms with Gasteiger partial charge in [-0.05, 0) is 6.08 Å². The Hall–Kier alpha value is -0.720. The summed E-state index contributed by atoms with van der Waals surface area (Å²) in [7, 11) is 1.60. The van der Waals surface area contributed by atoms with Crippen molar-refractivity contribution in [2.75, 3.05) is 7.11 Å². The van der Waals surface area contributed by atoms with Crippen LogP contribution in [0.2, 0.25) is 0 Å². The van der Waals surface area contributed by atoms with Gasteiger partial charge in [-0.3, -0.25) is 0 Å². The highest BCUT2D eigenvalue weighted by molar-refractivity contribution is 4.92. The highest BCUT2D eigenvalue weighted by atomic mass is 16.5. The van der Waals surface area contributed by atoms with E-state index in [2.05, 4.69) is 11.3 Å². The van der Waals surface area contributed by atoms with Crippen molar-refractivity contribution in [3.8, 4) is 0 Å². The van der Waals surface area contributed by atoms with Crippen LogP contribution in [0.15, 0.2) is 25.0 Å². The van der Waals surface area contributed by atoms with E-state index in [-0.39, 0.29) is 0 Å². The molecular formula is C5H8O. The number of rotatable bonds is 2. The molecule has 1 nitrogen and oxygen atoms in total. The van der Waals surface area contributed by atoms with Crippen molar-refractivity contribution in [3.63, 3.8) is 0 Å². The molecule has 0 spiro atoms. The van der Waals surface area contributed by atoms with Crippen molar-refractivity contribution in [2.24, 2.45) is 0 Å². The van der Waals surface area contributed by atoms with E-state index in [0.717, 1.165) is 0 Å². The van der Waals surface area contributed by atoms with Gasteiger partial charge in [0.2, 0.25) is 0 Å². The van der Waals surface area contributed by atoms with Gasteiger partial charge in [-0.2, -0.15) is 0 Å². The minimum Gasteiger partial charge on any atom is -0.504 e. The van der Waals surface area contributed by atoms with E-state index in [1.54, 1.807) is 25.5 Å². The lowest BCUT2D eigenvalue weighted by molar-refractivity contribution is 0.338. The fraction of sp³-hybridized carbons (Fsp3) is 0.200. The predicted octanol–water partition coefficient (Wildman–Crippen LogP) is 1.33. The van der Waals surface area contributed by atoms with Gasteiger partial charge in [-0.25, -0.2) is 0 Å². The molecule has 0 fully saturated rings. The first-order chi connectivity index (χ1) is 2.91. The summed E-state index contributed by atoms with van der Waals surface area (Å²) in [6, 6.07) is 0. The fourth-order valence-corrected chi connectivity index (χ4v) is 0.134. The molecule has 0 aliphatic rings. The molecule has 0 heterocycles. The zero-order chi connectivity index (χ0) is 4.83. The van der Waals surface area contributed by atoms with Crippen LogP contribution in [0.3, 0.4) is 0 Å². The lowest BCUT2D eigenvalue weighted by atomic mass is 10.6. The summed E-state index contributed by atoms with van der Waals surface area (Å²) < 4.78 is 4.53. The molecule has 0 aromatic carbocycles. The van der Waals surface area contributed by atoms with E-state index in [1.165, 1.54) is 0 Å². The number of hydrogen-bond acceptors (Lipinski definition) is 1. The summed E-state index contributed by atoms with van der Waals surface area (Å²) in [5.74, 6) is 0. The van der Waals surface area contributed by atoms with E-state index in [9.17, 15) is 0 Å². The Labute approximate surface area is 37.9 Å². The summed E-state index contributed by atoms with van der Waals surface area (Å²) in [6.07, 6.45) is 4.94. The van der Waals surface area contributed by atoms with Gasteiger partial charge in [0.1, 0.15) is 0 Å². The van der Waals surface area contributed by atoms with Crippen molar-refractivity contribution in [1.82, 2.24) is 0 Å².